The minimum Gasteiger partial charge on any atom is -0.339 e. The SMILES string of the molecule is Cc1ncc(NC(=O)CN2CCC[C@@H]2C)cc1NC(=O)c1cnc2[nH]c(-c3cnn(C)c3C)cc2c1. The van der Waals surface area contributed by atoms with Gasteiger partial charge in [-0.3, -0.25) is 24.2 Å². The molecule has 3 N–H and O–H groups in total. The van der Waals surface area contributed by atoms with Gasteiger partial charge >= 0.3 is 0 Å². The van der Waals surface area contributed by atoms with Crippen LogP contribution in [-0.2, 0) is 11.8 Å². The van der Waals surface area contributed by atoms with Gasteiger partial charge in [-0.05, 0) is 58.4 Å². The Balaban J connectivity index is 1.30. The van der Waals surface area contributed by atoms with E-state index in [1.165, 1.54) is 0 Å². The molecule has 0 unspecified atom stereocenters. The van der Waals surface area contributed by atoms with Gasteiger partial charge in [-0.1, -0.05) is 0 Å². The van der Waals surface area contributed by atoms with Crippen molar-refractivity contribution in [2.24, 2.45) is 7.05 Å². The number of hydrogen-bond donors (Lipinski definition) is 3. The lowest BCUT2D eigenvalue weighted by Crippen LogP contribution is -2.35. The monoisotopic (exact) mass is 486 g/mol. The third-order valence-corrected chi connectivity index (χ3v) is 6.91. The Morgan fingerprint density at radius 1 is 1.11 bits per heavy atom. The van der Waals surface area contributed by atoms with E-state index in [0.717, 1.165) is 41.7 Å². The van der Waals surface area contributed by atoms with Crippen LogP contribution in [0.5, 0.6) is 0 Å². The molecular formula is C26H30N8O2. The number of carbonyl (C=O) groups excluding carboxylic acids is 2. The predicted molar refractivity (Wildman–Crippen MR) is 139 cm³/mol. The minimum atomic E-state index is -0.302. The van der Waals surface area contributed by atoms with Crippen LogP contribution in [0.4, 0.5) is 11.4 Å². The number of anilines is 2. The fourth-order valence-electron chi connectivity index (χ4n) is 4.58. The highest BCUT2D eigenvalue weighted by molar-refractivity contribution is 6.06. The standard InChI is InChI=1S/C26H30N8O2/c1-15-6-5-7-34(15)14-24(35)30-20-10-22(16(2)27-12-20)32-26(36)19-8-18-9-23(31-25(18)28-11-19)21-13-29-33(4)17(21)3/h8-13,15H,5-7,14H2,1-4H3,(H,28,31)(H,30,35)(H,32,36)/t15-/m0/s1. The van der Waals surface area contributed by atoms with Crippen LogP contribution < -0.4 is 10.6 Å². The van der Waals surface area contributed by atoms with Gasteiger partial charge in [0.2, 0.25) is 5.91 Å². The Morgan fingerprint density at radius 2 is 1.94 bits per heavy atom. The number of rotatable bonds is 6. The van der Waals surface area contributed by atoms with E-state index in [-0.39, 0.29) is 11.8 Å². The molecule has 0 radical (unpaired) electrons. The van der Waals surface area contributed by atoms with Crippen molar-refractivity contribution in [3.63, 3.8) is 0 Å². The lowest BCUT2D eigenvalue weighted by Gasteiger charge is -2.20. The lowest BCUT2D eigenvalue weighted by atomic mass is 10.1. The van der Waals surface area contributed by atoms with Crippen LogP contribution in [0.2, 0.25) is 0 Å². The summed E-state index contributed by atoms with van der Waals surface area (Å²) >= 11 is 0. The number of likely N-dealkylation sites (tertiary alicyclic amines) is 1. The summed E-state index contributed by atoms with van der Waals surface area (Å²) in [7, 11) is 1.90. The first-order valence-corrected chi connectivity index (χ1v) is 12.1. The molecule has 5 heterocycles. The smallest absolute Gasteiger partial charge is 0.257 e. The first-order chi connectivity index (χ1) is 17.3. The summed E-state index contributed by atoms with van der Waals surface area (Å²) < 4.78 is 1.81. The molecule has 0 saturated carbocycles. The number of amides is 2. The Hall–Kier alpha value is -4.05. The van der Waals surface area contributed by atoms with Gasteiger partial charge in [0.1, 0.15) is 5.65 Å². The molecule has 10 nitrogen and oxygen atoms in total. The molecule has 4 aromatic rings. The lowest BCUT2D eigenvalue weighted by molar-refractivity contribution is -0.117. The number of nitrogens with one attached hydrogen (secondary N) is 3. The van der Waals surface area contributed by atoms with Crippen LogP contribution in [0.25, 0.3) is 22.3 Å². The number of H-pyrrole nitrogens is 1. The Kier molecular flexibility index (Phi) is 6.27. The summed E-state index contributed by atoms with van der Waals surface area (Å²) in [5.41, 5.74) is 5.77. The normalized spacial score (nSPS) is 15.9. The van der Waals surface area contributed by atoms with Gasteiger partial charge in [0.25, 0.3) is 5.91 Å². The van der Waals surface area contributed by atoms with E-state index in [4.69, 9.17) is 0 Å². The molecule has 36 heavy (non-hydrogen) atoms. The number of fused-ring (bicyclic) bond motifs is 1. The molecule has 1 aliphatic heterocycles. The topological polar surface area (TPSA) is 121 Å². The van der Waals surface area contributed by atoms with Crippen molar-refractivity contribution in [1.82, 2.24) is 29.6 Å². The summed E-state index contributed by atoms with van der Waals surface area (Å²) in [4.78, 5) is 39.8. The fourth-order valence-corrected chi connectivity index (χ4v) is 4.58. The number of hydrogen-bond acceptors (Lipinski definition) is 6. The zero-order valence-electron chi connectivity index (χ0n) is 20.9. The second kappa shape index (κ2) is 9.54. The molecule has 0 spiro atoms. The Morgan fingerprint density at radius 3 is 2.67 bits per heavy atom. The summed E-state index contributed by atoms with van der Waals surface area (Å²) in [6.45, 7) is 7.23. The molecule has 186 valence electrons. The number of pyridine rings is 2. The van der Waals surface area contributed by atoms with Crippen LogP contribution in [-0.4, -0.2) is 60.6 Å². The predicted octanol–water partition coefficient (Wildman–Crippen LogP) is 3.65. The van der Waals surface area contributed by atoms with Crippen LogP contribution in [0.3, 0.4) is 0 Å². The highest BCUT2D eigenvalue weighted by atomic mass is 16.2. The van der Waals surface area contributed by atoms with Crippen molar-refractivity contribution in [2.75, 3.05) is 23.7 Å². The molecule has 2 amide bonds. The first kappa shape index (κ1) is 23.7. The molecule has 0 aliphatic carbocycles. The van der Waals surface area contributed by atoms with Crippen molar-refractivity contribution >= 4 is 34.2 Å². The number of aryl methyl sites for hydroxylation is 2. The first-order valence-electron chi connectivity index (χ1n) is 12.1. The number of nitrogens with zero attached hydrogens (tertiary/aromatic N) is 5. The van der Waals surface area contributed by atoms with E-state index >= 15 is 0 Å². The summed E-state index contributed by atoms with van der Waals surface area (Å²) in [5.74, 6) is -0.391. The van der Waals surface area contributed by atoms with Crippen molar-refractivity contribution in [1.29, 1.82) is 0 Å². The van der Waals surface area contributed by atoms with Gasteiger partial charge in [0, 0.05) is 35.9 Å². The van der Waals surface area contributed by atoms with Gasteiger partial charge < -0.3 is 15.6 Å². The molecule has 5 rings (SSSR count). The van der Waals surface area contributed by atoms with Crippen molar-refractivity contribution < 1.29 is 9.59 Å². The van der Waals surface area contributed by atoms with Gasteiger partial charge in [-0.25, -0.2) is 4.98 Å². The van der Waals surface area contributed by atoms with Gasteiger partial charge in [0.05, 0.1) is 47.3 Å². The van der Waals surface area contributed by atoms with E-state index < -0.39 is 0 Å². The average Bonchev–Trinajstić information content (AvgIpc) is 3.54. The van der Waals surface area contributed by atoms with Crippen LogP contribution in [0.1, 0.15) is 41.5 Å². The fraction of sp³-hybridized carbons (Fsp3) is 0.346. The van der Waals surface area contributed by atoms with Crippen LogP contribution in [0, 0.1) is 13.8 Å². The minimum absolute atomic E-state index is 0.0894. The molecule has 10 heteroatoms. The molecule has 1 fully saturated rings. The maximum atomic E-state index is 13.0. The quantitative estimate of drug-likeness (QED) is 0.383. The third kappa shape index (κ3) is 4.72. The largest absolute Gasteiger partial charge is 0.339 e. The van der Waals surface area contributed by atoms with Crippen molar-refractivity contribution in [2.45, 2.75) is 39.7 Å². The third-order valence-electron chi connectivity index (χ3n) is 6.91. The van der Waals surface area contributed by atoms with E-state index in [1.54, 1.807) is 30.7 Å². The zero-order chi connectivity index (χ0) is 25.4. The number of aromatic nitrogens is 5. The van der Waals surface area contributed by atoms with Gasteiger partial charge in [-0.15, -0.1) is 0 Å². The molecule has 4 aromatic heterocycles. The number of carbonyl (C=O) groups is 2. The second-order valence-electron chi connectivity index (χ2n) is 9.43. The molecule has 0 bridgehead atoms. The molecule has 1 atom stereocenters. The van der Waals surface area contributed by atoms with E-state index in [1.807, 2.05) is 31.6 Å². The van der Waals surface area contributed by atoms with Crippen LogP contribution >= 0.6 is 0 Å². The molecule has 1 saturated heterocycles. The molecule has 0 aromatic carbocycles. The van der Waals surface area contributed by atoms with E-state index in [9.17, 15) is 9.59 Å². The Labute approximate surface area is 209 Å². The van der Waals surface area contributed by atoms with E-state index in [2.05, 4.69) is 42.5 Å². The van der Waals surface area contributed by atoms with Crippen molar-refractivity contribution in [3.8, 4) is 11.3 Å². The van der Waals surface area contributed by atoms with Crippen molar-refractivity contribution in [3.05, 3.63) is 53.7 Å². The average molecular weight is 487 g/mol. The number of aromatic amines is 1. The highest BCUT2D eigenvalue weighted by Gasteiger charge is 2.22. The molecular weight excluding hydrogens is 456 g/mol. The van der Waals surface area contributed by atoms with Crippen LogP contribution in [0.15, 0.2) is 36.8 Å². The second-order valence-corrected chi connectivity index (χ2v) is 9.43. The zero-order valence-corrected chi connectivity index (χ0v) is 20.9. The summed E-state index contributed by atoms with van der Waals surface area (Å²) in [6.07, 6.45) is 7.18. The van der Waals surface area contributed by atoms with Gasteiger partial charge in [-0.2, -0.15) is 5.10 Å². The maximum Gasteiger partial charge on any atom is 0.257 e. The Bertz CT molecular complexity index is 1450. The maximum absolute atomic E-state index is 13.0. The summed E-state index contributed by atoms with van der Waals surface area (Å²) in [5, 5.41) is 10.9. The van der Waals surface area contributed by atoms with E-state index in [0.29, 0.717) is 40.9 Å². The summed E-state index contributed by atoms with van der Waals surface area (Å²) in [6, 6.07) is 5.91. The molecule has 1 aliphatic rings. The van der Waals surface area contributed by atoms with Gasteiger partial charge in [0.15, 0.2) is 0 Å². The highest BCUT2D eigenvalue weighted by Crippen LogP contribution is 2.26.